The lowest BCUT2D eigenvalue weighted by atomic mass is 10.6. The molecular formula is C4H2BrF7O. The molecule has 0 heterocycles. The van der Waals surface area contributed by atoms with Crippen LogP contribution in [0, 0.1) is 0 Å². The van der Waals surface area contributed by atoms with Crippen LogP contribution in [-0.2, 0) is 4.74 Å². The summed E-state index contributed by atoms with van der Waals surface area (Å²) in [5.74, 6) is 0. The van der Waals surface area contributed by atoms with Gasteiger partial charge in [-0.05, 0) is 15.9 Å². The highest BCUT2D eigenvalue weighted by Gasteiger charge is 2.60. The van der Waals surface area contributed by atoms with Gasteiger partial charge in [-0.2, -0.15) is 26.3 Å². The average Bonchev–Trinajstić information content (AvgIpc) is 1.83. The molecule has 0 aliphatic rings. The van der Waals surface area contributed by atoms with Gasteiger partial charge in [0.15, 0.2) is 6.67 Å². The number of hydrogen-bond acceptors (Lipinski definition) is 1. The van der Waals surface area contributed by atoms with E-state index in [-0.39, 0.29) is 0 Å². The Morgan fingerprint density at radius 3 is 1.62 bits per heavy atom. The quantitative estimate of drug-likeness (QED) is 0.569. The highest BCUT2D eigenvalue weighted by molar-refractivity contribution is 9.10. The van der Waals surface area contributed by atoms with Crippen LogP contribution in [0.15, 0.2) is 0 Å². The lowest BCUT2D eigenvalue weighted by molar-refractivity contribution is -0.372. The fraction of sp³-hybridized carbons (Fsp3) is 1.00. The number of halogens is 8. The molecule has 1 nitrogen and oxygen atoms in total. The Hall–Kier alpha value is -0.0500. The summed E-state index contributed by atoms with van der Waals surface area (Å²) in [6.07, 6.45) is -10.5. The van der Waals surface area contributed by atoms with Crippen molar-refractivity contribution in [3.05, 3.63) is 0 Å². The van der Waals surface area contributed by atoms with Crippen LogP contribution >= 0.6 is 15.9 Å². The topological polar surface area (TPSA) is 9.23 Å². The van der Waals surface area contributed by atoms with E-state index in [1.165, 1.54) is 15.9 Å². The molecule has 0 aliphatic carbocycles. The first-order valence-corrected chi connectivity index (χ1v) is 3.39. The van der Waals surface area contributed by atoms with E-state index in [0.29, 0.717) is 0 Å². The smallest absolute Gasteiger partial charge is 0.264 e. The molecule has 0 spiro atoms. The second-order valence-electron chi connectivity index (χ2n) is 1.89. The van der Waals surface area contributed by atoms with Gasteiger partial charge in [-0.1, -0.05) is 0 Å². The largest absolute Gasteiger partial charge is 0.460 e. The van der Waals surface area contributed by atoms with Gasteiger partial charge in [0, 0.05) is 0 Å². The van der Waals surface area contributed by atoms with E-state index in [0.717, 1.165) is 0 Å². The zero-order valence-electron chi connectivity index (χ0n) is 5.64. The summed E-state index contributed by atoms with van der Waals surface area (Å²) in [4.78, 5) is 0. The van der Waals surface area contributed by atoms with Gasteiger partial charge in [0.25, 0.3) is 0 Å². The summed E-state index contributed by atoms with van der Waals surface area (Å²) in [5, 5.41) is 0. The van der Waals surface area contributed by atoms with E-state index in [4.69, 9.17) is 0 Å². The summed E-state index contributed by atoms with van der Waals surface area (Å²) >= 11 is 1.22. The van der Waals surface area contributed by atoms with E-state index < -0.39 is 23.7 Å². The second-order valence-corrected chi connectivity index (χ2v) is 2.91. The first-order chi connectivity index (χ1) is 5.52. The Morgan fingerprint density at radius 2 is 1.38 bits per heavy atom. The first-order valence-electron chi connectivity index (χ1n) is 2.60. The Kier molecular flexibility index (Phi) is 3.59. The van der Waals surface area contributed by atoms with Gasteiger partial charge in [-0.25, -0.2) is 4.39 Å². The fourth-order valence-corrected chi connectivity index (χ4v) is 0.509. The van der Waals surface area contributed by atoms with E-state index in [9.17, 15) is 30.7 Å². The van der Waals surface area contributed by atoms with E-state index >= 15 is 0 Å². The van der Waals surface area contributed by atoms with Gasteiger partial charge in [0.2, 0.25) is 0 Å². The second kappa shape index (κ2) is 3.60. The standard InChI is InChI=1S/C4H2BrF7O/c5-3(9,4(10,11)12)13-2(7,8)1-6/h1H2/t3-/m1/s1. The molecule has 9 heteroatoms. The zero-order valence-corrected chi connectivity index (χ0v) is 7.23. The van der Waals surface area contributed by atoms with Gasteiger partial charge in [0.05, 0.1) is 0 Å². The van der Waals surface area contributed by atoms with Crippen molar-refractivity contribution in [1.82, 2.24) is 0 Å². The summed E-state index contributed by atoms with van der Waals surface area (Å²) < 4.78 is 79.4. The lowest BCUT2D eigenvalue weighted by Gasteiger charge is -2.25. The molecule has 0 aromatic rings. The third kappa shape index (κ3) is 3.67. The minimum atomic E-state index is -5.72. The molecule has 0 saturated heterocycles. The Bertz CT molecular complexity index is 176. The van der Waals surface area contributed by atoms with E-state index in [1.54, 1.807) is 0 Å². The predicted octanol–water partition coefficient (Wildman–Crippen LogP) is 3.15. The third-order valence-electron chi connectivity index (χ3n) is 0.763. The molecule has 0 aliphatic heterocycles. The van der Waals surface area contributed by atoms with Gasteiger partial charge in [-0.3, -0.25) is 4.74 Å². The molecule has 0 fully saturated rings. The number of alkyl halides is 8. The number of hydrogen-bond donors (Lipinski definition) is 0. The van der Waals surface area contributed by atoms with Crippen molar-refractivity contribution in [2.45, 2.75) is 17.0 Å². The van der Waals surface area contributed by atoms with Crippen LogP contribution < -0.4 is 0 Å². The monoisotopic (exact) mass is 278 g/mol. The summed E-state index contributed by atoms with van der Waals surface area (Å²) in [6.45, 7) is -2.56. The van der Waals surface area contributed by atoms with Crippen molar-refractivity contribution in [2.24, 2.45) is 0 Å². The normalized spacial score (nSPS) is 18.5. The van der Waals surface area contributed by atoms with Gasteiger partial charge >= 0.3 is 17.0 Å². The third-order valence-corrected chi connectivity index (χ3v) is 1.37. The molecule has 0 bridgehead atoms. The summed E-state index contributed by atoms with van der Waals surface area (Å²) in [6, 6.07) is 0. The SMILES string of the molecule is FCC(F)(F)O[C@@](F)(Br)C(F)(F)F. The molecule has 0 aromatic carbocycles. The minimum absolute atomic E-state index is 1.22. The maximum atomic E-state index is 12.2. The zero-order chi connectivity index (χ0) is 10.9. The van der Waals surface area contributed by atoms with Crippen molar-refractivity contribution in [1.29, 1.82) is 0 Å². The van der Waals surface area contributed by atoms with Crippen LogP contribution in [-0.4, -0.2) is 23.7 Å². The first kappa shape index (κ1) is 12.9. The number of ether oxygens (including phenoxy) is 1. The molecule has 1 atom stereocenters. The Labute approximate surface area is 76.0 Å². The highest BCUT2D eigenvalue weighted by atomic mass is 79.9. The van der Waals surface area contributed by atoms with Gasteiger partial charge < -0.3 is 0 Å². The predicted molar refractivity (Wildman–Crippen MR) is 30.8 cm³/mol. The van der Waals surface area contributed by atoms with Crippen LogP contribution in [0.3, 0.4) is 0 Å². The molecule has 0 radical (unpaired) electrons. The van der Waals surface area contributed by atoms with Crippen molar-refractivity contribution >= 4 is 15.9 Å². The molecule has 0 N–H and O–H groups in total. The summed E-state index contributed by atoms with van der Waals surface area (Å²) in [7, 11) is 0. The van der Waals surface area contributed by atoms with Gasteiger partial charge in [0.1, 0.15) is 0 Å². The molecule has 80 valence electrons. The minimum Gasteiger partial charge on any atom is -0.264 e. The van der Waals surface area contributed by atoms with Crippen LogP contribution in [0.4, 0.5) is 30.7 Å². The molecule has 0 rings (SSSR count). The van der Waals surface area contributed by atoms with Crippen molar-refractivity contribution in [3.63, 3.8) is 0 Å². The fourth-order valence-electron chi connectivity index (χ4n) is 0.273. The van der Waals surface area contributed by atoms with Crippen LogP contribution in [0.25, 0.3) is 0 Å². The van der Waals surface area contributed by atoms with E-state index in [2.05, 4.69) is 4.74 Å². The Balaban J connectivity index is 4.52. The molecule has 0 unspecified atom stereocenters. The lowest BCUT2D eigenvalue weighted by Crippen LogP contribution is -2.44. The van der Waals surface area contributed by atoms with Crippen LogP contribution in [0.1, 0.15) is 0 Å². The van der Waals surface area contributed by atoms with Crippen LogP contribution in [0.5, 0.6) is 0 Å². The molecule has 0 amide bonds. The summed E-state index contributed by atoms with van der Waals surface area (Å²) in [5.41, 5.74) is 0. The van der Waals surface area contributed by atoms with Crippen molar-refractivity contribution in [3.8, 4) is 0 Å². The molecule has 0 saturated carbocycles. The molecular weight excluding hydrogens is 277 g/mol. The highest BCUT2D eigenvalue weighted by Crippen LogP contribution is 2.43. The Morgan fingerprint density at radius 1 is 1.00 bits per heavy atom. The van der Waals surface area contributed by atoms with E-state index in [1.807, 2.05) is 0 Å². The van der Waals surface area contributed by atoms with Crippen molar-refractivity contribution in [2.75, 3.05) is 6.67 Å². The molecule has 0 aromatic heterocycles. The van der Waals surface area contributed by atoms with Gasteiger partial charge in [-0.15, -0.1) is 0 Å². The number of rotatable bonds is 3. The maximum absolute atomic E-state index is 12.2. The maximum Gasteiger partial charge on any atom is 0.460 e. The average molecular weight is 279 g/mol. The molecule has 13 heavy (non-hydrogen) atoms. The van der Waals surface area contributed by atoms with Crippen molar-refractivity contribution < 1.29 is 35.5 Å². The van der Waals surface area contributed by atoms with Crippen LogP contribution in [0.2, 0.25) is 0 Å².